The summed E-state index contributed by atoms with van der Waals surface area (Å²) in [7, 11) is 11.6. The van der Waals surface area contributed by atoms with Crippen molar-refractivity contribution in [2.45, 2.75) is 12.3 Å². The Bertz CT molecular complexity index is 830. The van der Waals surface area contributed by atoms with Crippen LogP contribution in [0.2, 0.25) is 0 Å². The summed E-state index contributed by atoms with van der Waals surface area (Å²) in [4.78, 5) is 4.05. The van der Waals surface area contributed by atoms with Gasteiger partial charge < -0.3 is 5.11 Å². The second kappa shape index (κ2) is 10.8. The molecule has 0 amide bonds. The molecule has 0 aliphatic heterocycles. The molecule has 3 rings (SSSR count). The number of halogens is 2. The summed E-state index contributed by atoms with van der Waals surface area (Å²) < 4.78 is 0. The molecule has 1 N–H and O–H groups in total. The van der Waals surface area contributed by atoms with Gasteiger partial charge in [0.15, 0.2) is 0 Å². The average Bonchev–Trinajstić information content (AvgIpc) is 2.71. The molecule has 0 radical (unpaired) electrons. The summed E-state index contributed by atoms with van der Waals surface area (Å²) in [6.07, 6.45) is 1.69. The van der Waals surface area contributed by atoms with Crippen LogP contribution < -0.4 is 0 Å². The van der Waals surface area contributed by atoms with Gasteiger partial charge in [0.25, 0.3) is 0 Å². The third kappa shape index (κ3) is 5.10. The number of benzene rings is 3. The molecule has 0 bridgehead atoms. The number of hydrogen-bond donors (Lipinski definition) is 1. The van der Waals surface area contributed by atoms with Gasteiger partial charge in [-0.25, -0.2) is 0 Å². The number of aromatic hydroxyl groups is 1. The maximum atomic E-state index is 10.9. The maximum absolute atomic E-state index is 10.9. The van der Waals surface area contributed by atoms with Crippen LogP contribution >= 0.6 is 17.0 Å². The molecule has 0 spiro atoms. The fraction of sp³-hybridized carbons (Fsp3) is 0.136. The van der Waals surface area contributed by atoms with Gasteiger partial charge in [-0.3, -0.25) is 4.99 Å². The van der Waals surface area contributed by atoms with Gasteiger partial charge in [-0.2, -0.15) is 0 Å². The first kappa shape index (κ1) is 21.9. The molecule has 0 aromatic heterocycles. The van der Waals surface area contributed by atoms with Crippen LogP contribution in [0.15, 0.2) is 83.9 Å². The van der Waals surface area contributed by atoms with Crippen molar-refractivity contribution in [3.63, 3.8) is 0 Å². The normalized spacial score (nSPS) is 11.0. The van der Waals surface area contributed by atoms with Crippen molar-refractivity contribution in [1.29, 1.82) is 0 Å². The number of nitrogens with zero attached hydrogens (tertiary/aromatic N) is 1. The van der Waals surface area contributed by atoms with Gasteiger partial charge in [-0.1, -0.05) is 72.8 Å². The summed E-state index contributed by atoms with van der Waals surface area (Å²) >= 11 is -0.826. The van der Waals surface area contributed by atoms with Crippen LogP contribution in [-0.2, 0) is 26.3 Å². The van der Waals surface area contributed by atoms with E-state index in [1.807, 2.05) is 54.6 Å². The van der Waals surface area contributed by atoms with Gasteiger partial charge >= 0.3 is 37.9 Å². The monoisotopic (exact) mass is 475 g/mol. The second-order valence-electron chi connectivity index (χ2n) is 6.06. The fourth-order valence-electron chi connectivity index (χ4n) is 3.23. The van der Waals surface area contributed by atoms with Gasteiger partial charge in [0.1, 0.15) is 5.75 Å². The third-order valence-electron chi connectivity index (χ3n) is 4.58. The van der Waals surface area contributed by atoms with Crippen LogP contribution in [0, 0.1) is 0 Å². The van der Waals surface area contributed by atoms with Crippen LogP contribution in [0.3, 0.4) is 0 Å². The Hall–Kier alpha value is -1.41. The molecule has 138 valence electrons. The van der Waals surface area contributed by atoms with E-state index in [4.69, 9.17) is 17.0 Å². The van der Waals surface area contributed by atoms with E-state index in [0.717, 1.165) is 22.3 Å². The molecular formula is C22H21Cl2NOZr. The molecule has 0 atom stereocenters. The van der Waals surface area contributed by atoms with E-state index < -0.39 is 26.3 Å². The van der Waals surface area contributed by atoms with Crippen LogP contribution in [0.5, 0.6) is 5.75 Å². The minimum absolute atomic E-state index is 0.276. The van der Waals surface area contributed by atoms with Crippen molar-refractivity contribution in [3.05, 3.63) is 101 Å². The first-order valence-corrected chi connectivity index (χ1v) is 14.7. The summed E-state index contributed by atoms with van der Waals surface area (Å²) in [6, 6.07) is 26.4. The molecule has 0 saturated heterocycles. The third-order valence-corrected chi connectivity index (χ3v) is 4.58. The van der Waals surface area contributed by atoms with Crippen molar-refractivity contribution >= 4 is 23.2 Å². The number of aliphatic imine (C=N–C) groups is 1. The predicted molar refractivity (Wildman–Crippen MR) is 112 cm³/mol. The van der Waals surface area contributed by atoms with Gasteiger partial charge in [-0.05, 0) is 24.1 Å². The standard InChI is InChI=1S/C22H21NO.2ClH.Zr/c1-22(18-11-5-3-6-12-18,19-13-7-4-8-14-19)20-15-9-10-17(16-23-2)21(20)24;;;/h3-16,24H,1-2H3;2*1H;/q;;;+2/p-2. The number of phenolic OH excluding ortho intramolecular Hbond substituents is 1. The summed E-state index contributed by atoms with van der Waals surface area (Å²) in [6.45, 7) is 2.15. The van der Waals surface area contributed by atoms with Crippen molar-refractivity contribution in [3.8, 4) is 5.75 Å². The fourth-order valence-corrected chi connectivity index (χ4v) is 3.23. The van der Waals surface area contributed by atoms with Crippen molar-refractivity contribution < 1.29 is 26.0 Å². The zero-order valence-corrected chi connectivity index (χ0v) is 19.2. The Morgan fingerprint density at radius 1 is 0.852 bits per heavy atom. The van der Waals surface area contributed by atoms with Crippen LogP contribution in [0.4, 0.5) is 0 Å². The molecule has 27 heavy (non-hydrogen) atoms. The molecule has 0 aliphatic carbocycles. The van der Waals surface area contributed by atoms with E-state index in [2.05, 4.69) is 36.2 Å². The van der Waals surface area contributed by atoms with Crippen LogP contribution in [0.1, 0.15) is 29.2 Å². The summed E-state index contributed by atoms with van der Waals surface area (Å²) in [5.41, 5.74) is 3.42. The number of rotatable bonds is 4. The second-order valence-corrected chi connectivity index (χ2v) is 9.79. The Balaban J connectivity index is 0.000000817. The quantitative estimate of drug-likeness (QED) is 0.354. The predicted octanol–water partition coefficient (Wildman–Crippen LogP) is 6.17. The minimum atomic E-state index is -0.826. The molecule has 0 heterocycles. The molecular weight excluding hydrogens is 456 g/mol. The van der Waals surface area contributed by atoms with Crippen LogP contribution in [0.25, 0.3) is 0 Å². The molecule has 3 aromatic rings. The first-order valence-electron chi connectivity index (χ1n) is 8.41. The molecule has 2 nitrogen and oxygen atoms in total. The number of para-hydroxylation sites is 1. The number of hydrogen-bond acceptors (Lipinski definition) is 2. The van der Waals surface area contributed by atoms with Crippen molar-refractivity contribution in [2.75, 3.05) is 7.05 Å². The van der Waals surface area contributed by atoms with E-state index >= 15 is 0 Å². The van der Waals surface area contributed by atoms with Gasteiger partial charge in [0, 0.05) is 29.8 Å². The van der Waals surface area contributed by atoms with Gasteiger partial charge in [-0.15, -0.1) is 0 Å². The molecule has 5 heteroatoms. The molecule has 0 fully saturated rings. The van der Waals surface area contributed by atoms with Gasteiger partial charge in [0.2, 0.25) is 0 Å². The molecule has 0 aliphatic rings. The summed E-state index contributed by atoms with van der Waals surface area (Å²) in [5, 5.41) is 10.9. The van der Waals surface area contributed by atoms with E-state index in [0.29, 0.717) is 0 Å². The average molecular weight is 478 g/mol. The molecule has 0 unspecified atom stereocenters. The Kier molecular flexibility index (Phi) is 8.76. The van der Waals surface area contributed by atoms with Crippen molar-refractivity contribution in [1.82, 2.24) is 0 Å². The van der Waals surface area contributed by atoms with Crippen LogP contribution in [-0.4, -0.2) is 18.4 Å². The van der Waals surface area contributed by atoms with E-state index in [9.17, 15) is 5.11 Å². The Labute approximate surface area is 179 Å². The molecule has 3 aromatic carbocycles. The molecule has 0 saturated carbocycles. The number of phenols is 1. The van der Waals surface area contributed by atoms with Crippen molar-refractivity contribution in [2.24, 2.45) is 4.99 Å². The van der Waals surface area contributed by atoms with E-state index in [1.165, 1.54) is 0 Å². The van der Waals surface area contributed by atoms with E-state index in [1.54, 1.807) is 13.3 Å². The first-order chi connectivity index (χ1) is 13.1. The topological polar surface area (TPSA) is 32.6 Å². The summed E-state index contributed by atoms with van der Waals surface area (Å²) in [5.74, 6) is 0.276. The zero-order valence-electron chi connectivity index (χ0n) is 15.2. The van der Waals surface area contributed by atoms with Gasteiger partial charge in [0.05, 0.1) is 0 Å². The Morgan fingerprint density at radius 3 is 1.78 bits per heavy atom. The Morgan fingerprint density at radius 2 is 1.33 bits per heavy atom. The SMILES string of the molecule is CN=Cc1cccc(C(C)(c2ccccc2)c2ccccc2)c1O.[Cl][Zr][Cl]. The zero-order chi connectivity index (χ0) is 19.7. The van der Waals surface area contributed by atoms with E-state index in [-0.39, 0.29) is 5.75 Å².